The summed E-state index contributed by atoms with van der Waals surface area (Å²) in [6, 6.07) is 14.3. The molecule has 29 heavy (non-hydrogen) atoms. The van der Waals surface area contributed by atoms with Crippen molar-refractivity contribution in [2.24, 2.45) is 0 Å². The second kappa shape index (κ2) is 8.24. The van der Waals surface area contributed by atoms with Crippen LogP contribution in [0.4, 0.5) is 5.69 Å². The predicted octanol–water partition coefficient (Wildman–Crippen LogP) is 2.21. The van der Waals surface area contributed by atoms with E-state index in [0.29, 0.717) is 30.8 Å². The molecule has 1 aliphatic rings. The molecule has 154 valence electrons. The zero-order valence-electron chi connectivity index (χ0n) is 16.7. The minimum atomic E-state index is -3.35. The molecule has 0 fully saturated rings. The fourth-order valence-electron chi connectivity index (χ4n) is 3.37. The lowest BCUT2D eigenvalue weighted by atomic mass is 10.1. The molecular formula is C21H24N2O5S. The Morgan fingerprint density at radius 3 is 2.52 bits per heavy atom. The standard InChI is InChI=1S/C21H24N2O5S/c1-15(20(24)22(2)14-16-7-5-4-6-8-16)28-21(25)18-9-10-19-17(13-18)11-12-23(19)29(3,26)27/h4-10,13,15H,11-12,14H2,1-3H3. The molecule has 0 saturated heterocycles. The third-order valence-corrected chi connectivity index (χ3v) is 6.02. The highest BCUT2D eigenvalue weighted by Crippen LogP contribution is 2.31. The summed E-state index contributed by atoms with van der Waals surface area (Å²) in [5.41, 5.74) is 2.63. The summed E-state index contributed by atoms with van der Waals surface area (Å²) in [7, 11) is -1.69. The van der Waals surface area contributed by atoms with Gasteiger partial charge in [0.25, 0.3) is 5.91 Å². The number of carbonyl (C=O) groups excluding carboxylic acids is 2. The second-order valence-electron chi connectivity index (χ2n) is 7.16. The smallest absolute Gasteiger partial charge is 0.338 e. The van der Waals surface area contributed by atoms with Crippen LogP contribution < -0.4 is 4.31 Å². The van der Waals surface area contributed by atoms with Gasteiger partial charge >= 0.3 is 5.97 Å². The van der Waals surface area contributed by atoms with E-state index in [1.165, 1.54) is 15.3 Å². The Hall–Kier alpha value is -2.87. The van der Waals surface area contributed by atoms with Crippen molar-refractivity contribution >= 4 is 27.6 Å². The van der Waals surface area contributed by atoms with Gasteiger partial charge in [0.1, 0.15) is 0 Å². The largest absolute Gasteiger partial charge is 0.449 e. The van der Waals surface area contributed by atoms with E-state index < -0.39 is 22.1 Å². The Kier molecular flexibility index (Phi) is 5.93. The Balaban J connectivity index is 1.65. The molecule has 0 saturated carbocycles. The zero-order valence-corrected chi connectivity index (χ0v) is 17.5. The highest BCUT2D eigenvalue weighted by Gasteiger charge is 2.28. The van der Waals surface area contributed by atoms with Gasteiger partial charge in [0.15, 0.2) is 6.10 Å². The first-order valence-electron chi connectivity index (χ1n) is 9.27. The Bertz CT molecular complexity index is 1020. The Labute approximate surface area is 170 Å². The fourth-order valence-corrected chi connectivity index (χ4v) is 4.33. The Morgan fingerprint density at radius 1 is 1.17 bits per heavy atom. The topological polar surface area (TPSA) is 84.0 Å². The van der Waals surface area contributed by atoms with Crippen molar-refractivity contribution in [3.05, 3.63) is 65.2 Å². The maximum Gasteiger partial charge on any atom is 0.338 e. The molecule has 0 aromatic heterocycles. The van der Waals surface area contributed by atoms with Crippen LogP contribution in [-0.4, -0.2) is 51.1 Å². The molecule has 1 unspecified atom stereocenters. The van der Waals surface area contributed by atoms with E-state index in [1.807, 2.05) is 30.3 Å². The molecule has 0 radical (unpaired) electrons. The number of hydrogen-bond acceptors (Lipinski definition) is 5. The molecule has 1 atom stereocenters. The highest BCUT2D eigenvalue weighted by atomic mass is 32.2. The third kappa shape index (κ3) is 4.76. The number of likely N-dealkylation sites (N-methyl/N-ethyl adjacent to an activating group) is 1. The quantitative estimate of drug-likeness (QED) is 0.674. The van der Waals surface area contributed by atoms with Crippen molar-refractivity contribution in [3.63, 3.8) is 0 Å². The summed E-state index contributed by atoms with van der Waals surface area (Å²) >= 11 is 0. The van der Waals surface area contributed by atoms with E-state index in [1.54, 1.807) is 26.1 Å². The van der Waals surface area contributed by atoms with Gasteiger partial charge in [-0.15, -0.1) is 0 Å². The monoisotopic (exact) mass is 416 g/mol. The summed E-state index contributed by atoms with van der Waals surface area (Å²) in [5, 5.41) is 0. The normalized spacial score (nSPS) is 14.2. The molecule has 0 aliphatic carbocycles. The van der Waals surface area contributed by atoms with Gasteiger partial charge in [-0.1, -0.05) is 30.3 Å². The number of carbonyl (C=O) groups is 2. The van der Waals surface area contributed by atoms with Gasteiger partial charge in [0, 0.05) is 20.1 Å². The molecule has 0 bridgehead atoms. The Morgan fingerprint density at radius 2 is 1.86 bits per heavy atom. The fraction of sp³-hybridized carbons (Fsp3) is 0.333. The first-order valence-corrected chi connectivity index (χ1v) is 11.1. The van der Waals surface area contributed by atoms with Gasteiger partial charge in [0.2, 0.25) is 10.0 Å². The van der Waals surface area contributed by atoms with Crippen LogP contribution in [0.2, 0.25) is 0 Å². The summed E-state index contributed by atoms with van der Waals surface area (Å²) < 4.78 is 30.3. The van der Waals surface area contributed by atoms with Crippen LogP contribution in [0.25, 0.3) is 0 Å². The van der Waals surface area contributed by atoms with Crippen LogP contribution in [0, 0.1) is 0 Å². The minimum Gasteiger partial charge on any atom is -0.449 e. The average molecular weight is 416 g/mol. The molecule has 8 heteroatoms. The zero-order chi connectivity index (χ0) is 21.2. The molecule has 0 N–H and O–H groups in total. The average Bonchev–Trinajstić information content (AvgIpc) is 3.11. The summed E-state index contributed by atoms with van der Waals surface area (Å²) in [5.74, 6) is -0.911. The van der Waals surface area contributed by atoms with E-state index in [2.05, 4.69) is 0 Å². The first-order chi connectivity index (χ1) is 13.7. The lowest BCUT2D eigenvalue weighted by molar-refractivity contribution is -0.139. The molecule has 0 spiro atoms. The number of amides is 1. The first kappa shape index (κ1) is 20.9. The number of rotatable bonds is 6. The second-order valence-corrected chi connectivity index (χ2v) is 9.06. The number of esters is 1. The third-order valence-electron chi connectivity index (χ3n) is 4.84. The van der Waals surface area contributed by atoms with Crippen molar-refractivity contribution in [1.29, 1.82) is 0 Å². The lowest BCUT2D eigenvalue weighted by Crippen LogP contribution is -2.37. The number of ether oxygens (including phenoxy) is 1. The van der Waals surface area contributed by atoms with Crippen LogP contribution in [0.15, 0.2) is 48.5 Å². The molecule has 3 rings (SSSR count). The van der Waals surface area contributed by atoms with Crippen molar-refractivity contribution < 1.29 is 22.7 Å². The van der Waals surface area contributed by atoms with Crippen molar-refractivity contribution in [2.75, 3.05) is 24.2 Å². The van der Waals surface area contributed by atoms with Gasteiger partial charge < -0.3 is 9.64 Å². The van der Waals surface area contributed by atoms with Gasteiger partial charge in [-0.3, -0.25) is 9.10 Å². The van der Waals surface area contributed by atoms with E-state index >= 15 is 0 Å². The van der Waals surface area contributed by atoms with Crippen LogP contribution in [0.1, 0.15) is 28.4 Å². The van der Waals surface area contributed by atoms with E-state index in [4.69, 9.17) is 4.74 Å². The SMILES string of the molecule is CC(OC(=O)c1ccc2c(c1)CCN2S(C)(=O)=O)C(=O)N(C)Cc1ccccc1. The number of hydrogen-bond donors (Lipinski definition) is 0. The van der Waals surface area contributed by atoms with Gasteiger partial charge in [-0.2, -0.15) is 0 Å². The molecule has 2 aromatic carbocycles. The van der Waals surface area contributed by atoms with E-state index in [9.17, 15) is 18.0 Å². The van der Waals surface area contributed by atoms with E-state index in [-0.39, 0.29) is 5.91 Å². The van der Waals surface area contributed by atoms with Crippen LogP contribution >= 0.6 is 0 Å². The molecule has 1 aliphatic heterocycles. The van der Waals surface area contributed by atoms with Crippen LogP contribution in [0.5, 0.6) is 0 Å². The molecule has 1 heterocycles. The number of sulfonamides is 1. The van der Waals surface area contributed by atoms with E-state index in [0.717, 1.165) is 17.4 Å². The van der Waals surface area contributed by atoms with Crippen molar-refractivity contribution in [1.82, 2.24) is 4.90 Å². The van der Waals surface area contributed by atoms with Crippen molar-refractivity contribution in [2.45, 2.75) is 26.0 Å². The van der Waals surface area contributed by atoms with Gasteiger partial charge in [-0.05, 0) is 42.7 Å². The van der Waals surface area contributed by atoms with Gasteiger partial charge in [-0.25, -0.2) is 13.2 Å². The highest BCUT2D eigenvalue weighted by molar-refractivity contribution is 7.92. The van der Waals surface area contributed by atoms with Crippen LogP contribution in [0.3, 0.4) is 0 Å². The van der Waals surface area contributed by atoms with Crippen LogP contribution in [-0.2, 0) is 32.5 Å². The summed E-state index contributed by atoms with van der Waals surface area (Å²) in [6.45, 7) is 2.31. The molecular weight excluding hydrogens is 392 g/mol. The number of benzene rings is 2. The van der Waals surface area contributed by atoms with Gasteiger partial charge in [0.05, 0.1) is 17.5 Å². The molecule has 1 amide bonds. The number of anilines is 1. The number of fused-ring (bicyclic) bond motifs is 1. The summed E-state index contributed by atoms with van der Waals surface area (Å²) in [4.78, 5) is 26.5. The minimum absolute atomic E-state index is 0.296. The molecule has 7 nitrogen and oxygen atoms in total. The maximum atomic E-state index is 12.5. The molecule has 2 aromatic rings. The summed E-state index contributed by atoms with van der Waals surface area (Å²) in [6.07, 6.45) is 0.749. The van der Waals surface area contributed by atoms with Crippen molar-refractivity contribution in [3.8, 4) is 0 Å². The lowest BCUT2D eigenvalue weighted by Gasteiger charge is -2.21. The predicted molar refractivity (Wildman–Crippen MR) is 110 cm³/mol. The maximum absolute atomic E-state index is 12.5. The number of nitrogens with zero attached hydrogens (tertiary/aromatic N) is 2.